The van der Waals surface area contributed by atoms with E-state index in [2.05, 4.69) is 0 Å². The number of carbonyl (C=O) groups excluding carboxylic acids is 2. The van der Waals surface area contributed by atoms with E-state index >= 15 is 0 Å². The first-order valence-corrected chi connectivity index (χ1v) is 8.74. The molecule has 2 aromatic rings. The number of rotatable bonds is 4. The lowest BCUT2D eigenvalue weighted by atomic mass is 10.0. The van der Waals surface area contributed by atoms with Gasteiger partial charge in [-0.25, -0.2) is 4.79 Å². The number of phenolic OH excluding ortho intramolecular Hbond substituents is 1. The van der Waals surface area contributed by atoms with Gasteiger partial charge in [0.1, 0.15) is 0 Å². The summed E-state index contributed by atoms with van der Waals surface area (Å²) in [7, 11) is 2.67. The van der Waals surface area contributed by atoms with Gasteiger partial charge in [0, 0.05) is 16.3 Å². The Labute approximate surface area is 167 Å². The number of ether oxygens (including phenoxy) is 2. The highest BCUT2D eigenvalue weighted by molar-refractivity contribution is 6.31. The van der Waals surface area contributed by atoms with Crippen molar-refractivity contribution in [2.45, 2.75) is 6.92 Å². The fourth-order valence-electron chi connectivity index (χ4n) is 3.08. The summed E-state index contributed by atoms with van der Waals surface area (Å²) in [5, 5.41) is 10.8. The number of para-hydroxylation sites is 1. The minimum Gasteiger partial charge on any atom is -0.504 e. The molecular weight excluding hydrogens is 382 g/mol. The number of methoxy groups -OCH3 is 2. The second-order valence-electron chi connectivity index (χ2n) is 6.03. The zero-order chi connectivity index (χ0) is 20.4. The molecule has 0 bridgehead atoms. The molecule has 1 aliphatic heterocycles. The molecule has 2 aromatic carbocycles. The van der Waals surface area contributed by atoms with Gasteiger partial charge in [0.15, 0.2) is 11.5 Å². The van der Waals surface area contributed by atoms with Gasteiger partial charge < -0.3 is 14.6 Å². The number of esters is 1. The maximum atomic E-state index is 13.2. The monoisotopic (exact) mass is 399 g/mol. The highest BCUT2D eigenvalue weighted by Crippen LogP contribution is 2.38. The summed E-state index contributed by atoms with van der Waals surface area (Å²) in [6.45, 7) is 1.65. The van der Waals surface area contributed by atoms with Crippen LogP contribution in [-0.4, -0.2) is 31.2 Å². The zero-order valence-electron chi connectivity index (χ0n) is 15.5. The van der Waals surface area contributed by atoms with Gasteiger partial charge in [-0.3, -0.25) is 9.69 Å². The van der Waals surface area contributed by atoms with Crippen molar-refractivity contribution in [2.24, 2.45) is 0 Å². The van der Waals surface area contributed by atoms with Crippen molar-refractivity contribution in [3.63, 3.8) is 0 Å². The van der Waals surface area contributed by atoms with Crippen LogP contribution in [0.2, 0.25) is 5.02 Å². The van der Waals surface area contributed by atoms with E-state index < -0.39 is 11.9 Å². The number of hydrogen-bond donors (Lipinski definition) is 1. The standard InChI is InChI=1S/C21H18ClNO5/c1-12-18(21(26)28-3)16(10-13-6-4-9-17(27-2)19(13)24)20(25)23(12)15-8-5-7-14(22)11-15/h4-11,24H,1-3H3/b16-10-. The number of phenols is 1. The highest BCUT2D eigenvalue weighted by Gasteiger charge is 2.38. The molecular formula is C21H18ClNO5. The topological polar surface area (TPSA) is 76.1 Å². The quantitative estimate of drug-likeness (QED) is 0.622. The Balaban J connectivity index is 2.18. The first kappa shape index (κ1) is 19.5. The summed E-state index contributed by atoms with van der Waals surface area (Å²) < 4.78 is 9.98. The lowest BCUT2D eigenvalue weighted by Gasteiger charge is -2.18. The maximum absolute atomic E-state index is 13.2. The normalized spacial score (nSPS) is 15.4. The first-order chi connectivity index (χ1) is 13.4. The number of aromatic hydroxyl groups is 1. The Morgan fingerprint density at radius 3 is 2.54 bits per heavy atom. The van der Waals surface area contributed by atoms with Gasteiger partial charge in [0.05, 0.1) is 31.1 Å². The van der Waals surface area contributed by atoms with E-state index in [0.29, 0.717) is 22.0 Å². The van der Waals surface area contributed by atoms with Crippen LogP contribution < -0.4 is 9.64 Å². The van der Waals surface area contributed by atoms with Crippen molar-refractivity contribution >= 4 is 35.2 Å². The number of carbonyl (C=O) groups is 2. The molecule has 0 atom stereocenters. The van der Waals surface area contributed by atoms with Gasteiger partial charge >= 0.3 is 5.97 Å². The van der Waals surface area contributed by atoms with Crippen molar-refractivity contribution in [2.75, 3.05) is 19.1 Å². The van der Waals surface area contributed by atoms with Crippen LogP contribution in [0.5, 0.6) is 11.5 Å². The maximum Gasteiger partial charge on any atom is 0.340 e. The summed E-state index contributed by atoms with van der Waals surface area (Å²) in [4.78, 5) is 27.0. The molecule has 3 rings (SSSR count). The van der Waals surface area contributed by atoms with Gasteiger partial charge in [-0.2, -0.15) is 0 Å². The molecule has 1 aliphatic rings. The van der Waals surface area contributed by atoms with Crippen LogP contribution in [0.3, 0.4) is 0 Å². The van der Waals surface area contributed by atoms with Crippen molar-refractivity contribution in [3.05, 3.63) is 69.9 Å². The zero-order valence-corrected chi connectivity index (χ0v) is 16.3. The smallest absolute Gasteiger partial charge is 0.340 e. The van der Waals surface area contributed by atoms with Crippen molar-refractivity contribution < 1.29 is 24.2 Å². The Kier molecular flexibility index (Phi) is 5.42. The highest BCUT2D eigenvalue weighted by atomic mass is 35.5. The summed E-state index contributed by atoms with van der Waals surface area (Å²) in [6.07, 6.45) is 1.44. The van der Waals surface area contributed by atoms with Gasteiger partial charge in [-0.05, 0) is 37.3 Å². The SMILES string of the molecule is COC(=O)C1=C(C)N(c2cccc(Cl)c2)C(=O)/C1=C\c1cccc(OC)c1O. The molecule has 144 valence electrons. The Morgan fingerprint density at radius 2 is 1.89 bits per heavy atom. The average Bonchev–Trinajstić information content (AvgIpc) is 2.92. The van der Waals surface area contributed by atoms with Crippen LogP contribution in [0.1, 0.15) is 12.5 Å². The van der Waals surface area contributed by atoms with Gasteiger partial charge in [-0.1, -0.05) is 29.8 Å². The summed E-state index contributed by atoms with van der Waals surface area (Å²) in [5.41, 5.74) is 1.50. The van der Waals surface area contributed by atoms with E-state index in [9.17, 15) is 14.7 Å². The minimum atomic E-state index is -0.649. The number of allylic oxidation sites excluding steroid dienone is 1. The molecule has 0 aromatic heterocycles. The van der Waals surface area contributed by atoms with E-state index in [1.807, 2.05) is 0 Å². The van der Waals surface area contributed by atoms with E-state index in [4.69, 9.17) is 21.1 Å². The minimum absolute atomic E-state index is 0.105. The predicted molar refractivity (Wildman–Crippen MR) is 106 cm³/mol. The number of benzene rings is 2. The number of anilines is 1. The second-order valence-corrected chi connectivity index (χ2v) is 6.46. The van der Waals surface area contributed by atoms with Crippen molar-refractivity contribution in [3.8, 4) is 11.5 Å². The third-order valence-corrected chi connectivity index (χ3v) is 4.64. The van der Waals surface area contributed by atoms with Crippen molar-refractivity contribution in [1.82, 2.24) is 0 Å². The number of nitrogens with zero attached hydrogens (tertiary/aromatic N) is 1. The van der Waals surface area contributed by atoms with Crippen LogP contribution in [0.4, 0.5) is 5.69 Å². The third kappa shape index (κ3) is 3.34. The number of hydrogen-bond acceptors (Lipinski definition) is 5. The van der Waals surface area contributed by atoms with Crippen LogP contribution in [-0.2, 0) is 14.3 Å². The average molecular weight is 400 g/mol. The molecule has 6 nitrogen and oxygen atoms in total. The third-order valence-electron chi connectivity index (χ3n) is 4.41. The van der Waals surface area contributed by atoms with Crippen LogP contribution in [0, 0.1) is 0 Å². The van der Waals surface area contributed by atoms with E-state index in [1.54, 1.807) is 49.4 Å². The molecule has 0 unspecified atom stereocenters. The molecule has 0 fully saturated rings. The van der Waals surface area contributed by atoms with Crippen LogP contribution in [0.25, 0.3) is 6.08 Å². The molecule has 0 spiro atoms. The summed E-state index contributed by atoms with van der Waals surface area (Å²) >= 11 is 6.06. The molecule has 1 heterocycles. The molecule has 0 saturated heterocycles. The van der Waals surface area contributed by atoms with E-state index in [0.717, 1.165) is 0 Å². The van der Waals surface area contributed by atoms with Gasteiger partial charge in [0.25, 0.3) is 5.91 Å². The van der Waals surface area contributed by atoms with E-state index in [1.165, 1.54) is 25.2 Å². The number of halogens is 1. The molecule has 28 heavy (non-hydrogen) atoms. The fourth-order valence-corrected chi connectivity index (χ4v) is 3.27. The fraction of sp³-hybridized carbons (Fsp3) is 0.143. The van der Waals surface area contributed by atoms with E-state index in [-0.39, 0.29) is 22.6 Å². The second kappa shape index (κ2) is 7.78. The van der Waals surface area contributed by atoms with Crippen LogP contribution >= 0.6 is 11.6 Å². The lowest BCUT2D eigenvalue weighted by molar-refractivity contribution is -0.136. The Hall–Kier alpha value is -3.25. The van der Waals surface area contributed by atoms with Crippen LogP contribution in [0.15, 0.2) is 59.3 Å². The lowest BCUT2D eigenvalue weighted by Crippen LogP contribution is -2.24. The van der Waals surface area contributed by atoms with Gasteiger partial charge in [-0.15, -0.1) is 0 Å². The summed E-state index contributed by atoms with van der Waals surface area (Å²) in [6, 6.07) is 11.6. The first-order valence-electron chi connectivity index (χ1n) is 8.36. The Bertz CT molecular complexity index is 1030. The molecule has 1 amide bonds. The number of amides is 1. The molecule has 0 radical (unpaired) electrons. The molecule has 1 N–H and O–H groups in total. The Morgan fingerprint density at radius 1 is 1.18 bits per heavy atom. The molecule has 0 saturated carbocycles. The van der Waals surface area contributed by atoms with Crippen molar-refractivity contribution in [1.29, 1.82) is 0 Å². The largest absolute Gasteiger partial charge is 0.504 e. The predicted octanol–water partition coefficient (Wildman–Crippen LogP) is 3.93. The molecule has 7 heteroatoms. The molecule has 0 aliphatic carbocycles. The van der Waals surface area contributed by atoms with Gasteiger partial charge in [0.2, 0.25) is 0 Å². The summed E-state index contributed by atoms with van der Waals surface area (Å²) in [5.74, 6) is -0.952.